The number of amides is 1. The summed E-state index contributed by atoms with van der Waals surface area (Å²) in [6.45, 7) is 2.93. The first kappa shape index (κ1) is 12.4. The Kier molecular flexibility index (Phi) is 3.66. The van der Waals surface area contributed by atoms with E-state index in [0.717, 1.165) is 11.3 Å². The van der Waals surface area contributed by atoms with Crippen LogP contribution in [0.2, 0.25) is 5.02 Å². The molecule has 1 saturated heterocycles. The second-order valence-corrected chi connectivity index (χ2v) is 4.54. The monoisotopic (exact) mass is 254 g/mol. The lowest BCUT2D eigenvalue weighted by Gasteiger charge is -2.33. The van der Waals surface area contributed by atoms with Crippen LogP contribution in [0.4, 0.5) is 5.69 Å². The molecule has 2 rings (SSSR count). The molecule has 0 radical (unpaired) electrons. The van der Waals surface area contributed by atoms with Gasteiger partial charge in [-0.3, -0.25) is 4.79 Å². The molecule has 1 atom stereocenters. The molecule has 1 aliphatic heterocycles. The second-order valence-electron chi connectivity index (χ2n) is 4.10. The first-order valence-electron chi connectivity index (χ1n) is 5.50. The molecule has 5 heteroatoms. The fourth-order valence-corrected chi connectivity index (χ4v) is 2.15. The molecule has 92 valence electrons. The van der Waals surface area contributed by atoms with Gasteiger partial charge in [0.15, 0.2) is 0 Å². The van der Waals surface area contributed by atoms with Crippen LogP contribution in [0, 0.1) is 6.92 Å². The molecule has 0 aliphatic carbocycles. The van der Waals surface area contributed by atoms with Gasteiger partial charge in [0.25, 0.3) is 5.91 Å². The minimum atomic E-state index is -0.0946. The Labute approximate surface area is 105 Å². The smallest absolute Gasteiger partial charge is 0.253 e. The number of carbonyl (C=O) groups is 1. The number of hydrogen-bond acceptors (Lipinski definition) is 3. The van der Waals surface area contributed by atoms with Crippen LogP contribution in [0.15, 0.2) is 18.2 Å². The van der Waals surface area contributed by atoms with Crippen LogP contribution in [-0.2, 0) is 9.53 Å². The first-order chi connectivity index (χ1) is 8.11. The molecule has 0 bridgehead atoms. The summed E-state index contributed by atoms with van der Waals surface area (Å²) in [5.41, 5.74) is 7.42. The van der Waals surface area contributed by atoms with E-state index in [2.05, 4.69) is 0 Å². The molecule has 1 aromatic rings. The SMILES string of the molecule is Cc1cc(Cl)ccc1N1CC(CN)OCC1=O. The first-order valence-corrected chi connectivity index (χ1v) is 5.88. The highest BCUT2D eigenvalue weighted by Crippen LogP contribution is 2.25. The number of nitrogens with zero attached hydrogens (tertiary/aromatic N) is 1. The Balaban J connectivity index is 2.27. The summed E-state index contributed by atoms with van der Waals surface area (Å²) in [4.78, 5) is 13.5. The average molecular weight is 255 g/mol. The third-order valence-corrected chi connectivity index (χ3v) is 3.08. The Bertz CT molecular complexity index is 437. The molecule has 4 nitrogen and oxygen atoms in total. The van der Waals surface area contributed by atoms with Crippen LogP contribution in [0.25, 0.3) is 0 Å². The highest BCUT2D eigenvalue weighted by molar-refractivity contribution is 6.30. The van der Waals surface area contributed by atoms with E-state index >= 15 is 0 Å². The quantitative estimate of drug-likeness (QED) is 0.867. The molecule has 1 amide bonds. The number of hydrogen-bond donors (Lipinski definition) is 1. The van der Waals surface area contributed by atoms with Crippen LogP contribution in [0.5, 0.6) is 0 Å². The third-order valence-electron chi connectivity index (χ3n) is 2.84. The van der Waals surface area contributed by atoms with Gasteiger partial charge in [0, 0.05) is 17.3 Å². The zero-order chi connectivity index (χ0) is 12.4. The van der Waals surface area contributed by atoms with E-state index in [1.165, 1.54) is 0 Å². The van der Waals surface area contributed by atoms with Crippen LogP contribution >= 0.6 is 11.6 Å². The second kappa shape index (κ2) is 5.04. The summed E-state index contributed by atoms with van der Waals surface area (Å²) in [5, 5.41) is 0.669. The Morgan fingerprint density at radius 3 is 3.00 bits per heavy atom. The predicted octanol–water partition coefficient (Wildman–Crippen LogP) is 1.34. The van der Waals surface area contributed by atoms with Crippen molar-refractivity contribution < 1.29 is 9.53 Å². The maximum atomic E-state index is 11.8. The third kappa shape index (κ3) is 2.60. The summed E-state index contributed by atoms with van der Waals surface area (Å²) in [6.07, 6.45) is -0.0946. The standard InChI is InChI=1S/C12H15ClN2O2/c1-8-4-9(13)2-3-11(8)15-6-10(5-14)17-7-12(15)16/h2-4,10H,5-7,14H2,1H3. The zero-order valence-corrected chi connectivity index (χ0v) is 10.4. The predicted molar refractivity (Wildman–Crippen MR) is 67.3 cm³/mol. The van der Waals surface area contributed by atoms with E-state index in [1.54, 1.807) is 11.0 Å². The largest absolute Gasteiger partial charge is 0.365 e. The molecule has 1 fully saturated rings. The maximum absolute atomic E-state index is 11.8. The Hall–Kier alpha value is -1.10. The van der Waals surface area contributed by atoms with Crippen molar-refractivity contribution in [3.63, 3.8) is 0 Å². The van der Waals surface area contributed by atoms with Gasteiger partial charge in [-0.15, -0.1) is 0 Å². The van der Waals surface area contributed by atoms with Crippen LogP contribution in [-0.4, -0.2) is 31.7 Å². The molecule has 1 heterocycles. The Morgan fingerprint density at radius 1 is 1.59 bits per heavy atom. The van der Waals surface area contributed by atoms with Crippen molar-refractivity contribution in [3.05, 3.63) is 28.8 Å². The molecule has 17 heavy (non-hydrogen) atoms. The number of ether oxygens (including phenoxy) is 1. The average Bonchev–Trinajstić information content (AvgIpc) is 2.30. The number of carbonyl (C=O) groups excluding carboxylic acids is 1. The fraction of sp³-hybridized carbons (Fsp3) is 0.417. The molecule has 0 spiro atoms. The van der Waals surface area contributed by atoms with Crippen molar-refractivity contribution in [3.8, 4) is 0 Å². The fourth-order valence-electron chi connectivity index (χ4n) is 1.92. The summed E-state index contributed by atoms with van der Waals surface area (Å²) in [7, 11) is 0. The van der Waals surface area contributed by atoms with Crippen LogP contribution in [0.3, 0.4) is 0 Å². The van der Waals surface area contributed by atoms with Gasteiger partial charge >= 0.3 is 0 Å². The number of anilines is 1. The molecule has 1 aromatic carbocycles. The topological polar surface area (TPSA) is 55.6 Å². The highest BCUT2D eigenvalue weighted by Gasteiger charge is 2.27. The van der Waals surface area contributed by atoms with Gasteiger partial charge in [0.1, 0.15) is 6.61 Å². The van der Waals surface area contributed by atoms with Gasteiger partial charge in [-0.1, -0.05) is 11.6 Å². The zero-order valence-electron chi connectivity index (χ0n) is 9.65. The lowest BCUT2D eigenvalue weighted by molar-refractivity contribution is -0.128. The summed E-state index contributed by atoms with van der Waals surface area (Å²) in [6, 6.07) is 5.48. The van der Waals surface area contributed by atoms with Crippen LogP contribution < -0.4 is 10.6 Å². The van der Waals surface area contributed by atoms with E-state index < -0.39 is 0 Å². The molecule has 0 saturated carbocycles. The number of halogens is 1. The van der Waals surface area contributed by atoms with Gasteiger partial charge in [-0.25, -0.2) is 0 Å². The Morgan fingerprint density at radius 2 is 2.35 bits per heavy atom. The van der Waals surface area contributed by atoms with E-state index in [4.69, 9.17) is 22.1 Å². The molecular formula is C12H15ClN2O2. The summed E-state index contributed by atoms with van der Waals surface area (Å²) < 4.78 is 5.31. The normalized spacial score (nSPS) is 20.8. The minimum Gasteiger partial charge on any atom is -0.365 e. The van der Waals surface area contributed by atoms with E-state index in [1.807, 2.05) is 19.1 Å². The minimum absolute atomic E-state index is 0.0416. The van der Waals surface area contributed by atoms with Crippen molar-refractivity contribution in [2.45, 2.75) is 13.0 Å². The summed E-state index contributed by atoms with van der Waals surface area (Å²) in [5.74, 6) is -0.0416. The van der Waals surface area contributed by atoms with Crippen LogP contribution in [0.1, 0.15) is 5.56 Å². The lowest BCUT2D eigenvalue weighted by Crippen LogP contribution is -2.49. The highest BCUT2D eigenvalue weighted by atomic mass is 35.5. The van der Waals surface area contributed by atoms with Crippen molar-refractivity contribution in [2.24, 2.45) is 5.73 Å². The van der Waals surface area contributed by atoms with Crippen molar-refractivity contribution in [1.82, 2.24) is 0 Å². The van der Waals surface area contributed by atoms with E-state index in [-0.39, 0.29) is 18.6 Å². The molecule has 2 N–H and O–H groups in total. The van der Waals surface area contributed by atoms with Crippen molar-refractivity contribution >= 4 is 23.2 Å². The van der Waals surface area contributed by atoms with E-state index in [0.29, 0.717) is 18.1 Å². The number of aryl methyl sites for hydroxylation is 1. The van der Waals surface area contributed by atoms with Gasteiger partial charge in [0.2, 0.25) is 0 Å². The van der Waals surface area contributed by atoms with Crippen molar-refractivity contribution in [1.29, 1.82) is 0 Å². The molecule has 1 unspecified atom stereocenters. The van der Waals surface area contributed by atoms with Gasteiger partial charge in [0.05, 0.1) is 12.6 Å². The van der Waals surface area contributed by atoms with Crippen molar-refractivity contribution in [2.75, 3.05) is 24.6 Å². The van der Waals surface area contributed by atoms with Gasteiger partial charge in [-0.2, -0.15) is 0 Å². The number of nitrogens with two attached hydrogens (primary N) is 1. The number of rotatable bonds is 2. The number of benzene rings is 1. The van der Waals surface area contributed by atoms with Gasteiger partial charge < -0.3 is 15.4 Å². The summed E-state index contributed by atoms with van der Waals surface area (Å²) >= 11 is 5.90. The lowest BCUT2D eigenvalue weighted by atomic mass is 10.1. The van der Waals surface area contributed by atoms with E-state index in [9.17, 15) is 4.79 Å². The number of morpholine rings is 1. The molecule has 0 aromatic heterocycles. The molecule has 1 aliphatic rings. The molecular weight excluding hydrogens is 240 g/mol. The maximum Gasteiger partial charge on any atom is 0.253 e. The van der Waals surface area contributed by atoms with Gasteiger partial charge in [-0.05, 0) is 30.7 Å².